The summed E-state index contributed by atoms with van der Waals surface area (Å²) in [4.78, 5) is 21.1. The molecule has 1 atom stereocenters. The Morgan fingerprint density at radius 2 is 2.07 bits per heavy atom. The van der Waals surface area contributed by atoms with E-state index in [1.807, 2.05) is 30.3 Å². The fourth-order valence-corrected chi connectivity index (χ4v) is 1.27. The number of nitroso groups, excluding NO2 is 1. The van der Waals surface area contributed by atoms with Crippen molar-refractivity contribution in [2.24, 2.45) is 5.29 Å². The zero-order valence-corrected chi connectivity index (χ0v) is 8.33. The predicted octanol–water partition coefficient (Wildman–Crippen LogP) is 1.30. The molecule has 1 aromatic rings. The van der Waals surface area contributed by atoms with Crippen molar-refractivity contribution >= 4 is 5.97 Å². The second kappa shape index (κ2) is 5.09. The standard InChI is InChI=1S/C10H12N2O3/c1-12(11-15)9(10(13)14)7-8-5-3-2-4-6-8/h2-6,9H,7H2,1H3,(H,13,14)/t9-/m1/s1. The molecule has 0 saturated carbocycles. The minimum Gasteiger partial charge on any atom is -0.480 e. The Balaban J connectivity index is 2.76. The van der Waals surface area contributed by atoms with E-state index in [-0.39, 0.29) is 6.42 Å². The third kappa shape index (κ3) is 3.05. The van der Waals surface area contributed by atoms with E-state index >= 15 is 0 Å². The second-order valence-corrected chi connectivity index (χ2v) is 3.20. The fourth-order valence-electron chi connectivity index (χ4n) is 1.27. The van der Waals surface area contributed by atoms with Crippen LogP contribution < -0.4 is 0 Å². The highest BCUT2D eigenvalue weighted by molar-refractivity contribution is 5.73. The summed E-state index contributed by atoms with van der Waals surface area (Å²) in [5.74, 6) is -1.05. The molecule has 0 heterocycles. The van der Waals surface area contributed by atoms with Crippen molar-refractivity contribution in [3.8, 4) is 0 Å². The van der Waals surface area contributed by atoms with Crippen LogP contribution in [0, 0.1) is 4.91 Å². The van der Waals surface area contributed by atoms with Gasteiger partial charge in [0.15, 0.2) is 6.04 Å². The van der Waals surface area contributed by atoms with Crippen molar-refractivity contribution in [3.63, 3.8) is 0 Å². The molecule has 0 radical (unpaired) electrons. The number of carboxylic acids is 1. The summed E-state index contributed by atoms with van der Waals surface area (Å²) in [5, 5.41) is 12.4. The van der Waals surface area contributed by atoms with E-state index in [2.05, 4.69) is 5.29 Å². The van der Waals surface area contributed by atoms with Gasteiger partial charge in [-0.3, -0.25) is 0 Å². The molecule has 5 heteroatoms. The first-order valence-electron chi connectivity index (χ1n) is 4.48. The van der Waals surface area contributed by atoms with Crippen LogP contribution in [0.2, 0.25) is 0 Å². The first kappa shape index (κ1) is 11.2. The maximum absolute atomic E-state index is 10.9. The summed E-state index contributed by atoms with van der Waals surface area (Å²) >= 11 is 0. The van der Waals surface area contributed by atoms with Gasteiger partial charge in [-0.15, -0.1) is 4.91 Å². The lowest BCUT2D eigenvalue weighted by Gasteiger charge is -2.18. The number of nitrogens with zero attached hydrogens (tertiary/aromatic N) is 2. The van der Waals surface area contributed by atoms with Gasteiger partial charge in [0.05, 0.1) is 5.29 Å². The first-order valence-corrected chi connectivity index (χ1v) is 4.48. The molecule has 0 saturated heterocycles. The van der Waals surface area contributed by atoms with Crippen LogP contribution in [0.1, 0.15) is 5.56 Å². The Bertz CT molecular complexity index is 340. The Morgan fingerprint density at radius 1 is 1.47 bits per heavy atom. The zero-order valence-electron chi connectivity index (χ0n) is 8.33. The molecule has 0 aromatic heterocycles. The lowest BCUT2D eigenvalue weighted by Crippen LogP contribution is -2.36. The molecule has 0 aliphatic heterocycles. The molecule has 1 N–H and O–H groups in total. The number of carbonyl (C=O) groups is 1. The molecule has 80 valence electrons. The van der Waals surface area contributed by atoms with Gasteiger partial charge < -0.3 is 5.11 Å². The van der Waals surface area contributed by atoms with Gasteiger partial charge in [0.2, 0.25) is 0 Å². The van der Waals surface area contributed by atoms with E-state index in [4.69, 9.17) is 5.11 Å². The third-order valence-corrected chi connectivity index (χ3v) is 2.14. The van der Waals surface area contributed by atoms with Crippen LogP contribution in [0.3, 0.4) is 0 Å². The average molecular weight is 208 g/mol. The Labute approximate surface area is 87.3 Å². The van der Waals surface area contributed by atoms with Gasteiger partial charge in [-0.25, -0.2) is 9.80 Å². The van der Waals surface area contributed by atoms with Gasteiger partial charge in [-0.2, -0.15) is 0 Å². The highest BCUT2D eigenvalue weighted by Gasteiger charge is 2.22. The number of rotatable bonds is 5. The van der Waals surface area contributed by atoms with Crippen LogP contribution >= 0.6 is 0 Å². The lowest BCUT2D eigenvalue weighted by molar-refractivity contribution is -0.142. The third-order valence-electron chi connectivity index (χ3n) is 2.14. The maximum Gasteiger partial charge on any atom is 0.328 e. The summed E-state index contributed by atoms with van der Waals surface area (Å²) < 4.78 is 0. The molecule has 0 aliphatic carbocycles. The van der Waals surface area contributed by atoms with E-state index < -0.39 is 12.0 Å². The van der Waals surface area contributed by atoms with Crippen LogP contribution in [0.25, 0.3) is 0 Å². The van der Waals surface area contributed by atoms with E-state index in [1.54, 1.807) is 0 Å². The van der Waals surface area contributed by atoms with E-state index in [9.17, 15) is 9.70 Å². The number of hydrogen-bond donors (Lipinski definition) is 1. The molecule has 1 aromatic carbocycles. The molecule has 0 aliphatic rings. The van der Waals surface area contributed by atoms with E-state index in [0.29, 0.717) is 0 Å². The number of benzene rings is 1. The summed E-state index contributed by atoms with van der Waals surface area (Å²) in [7, 11) is 1.36. The monoisotopic (exact) mass is 208 g/mol. The normalized spacial score (nSPS) is 11.8. The van der Waals surface area contributed by atoms with Gasteiger partial charge in [-0.05, 0) is 5.56 Å². The average Bonchev–Trinajstić information content (AvgIpc) is 2.26. The summed E-state index contributed by atoms with van der Waals surface area (Å²) in [6, 6.07) is 8.21. The van der Waals surface area contributed by atoms with E-state index in [1.165, 1.54) is 7.05 Å². The molecule has 0 unspecified atom stereocenters. The molecule has 0 spiro atoms. The van der Waals surface area contributed by atoms with Gasteiger partial charge in [0.25, 0.3) is 0 Å². The van der Waals surface area contributed by atoms with Gasteiger partial charge >= 0.3 is 5.97 Å². The Morgan fingerprint density at radius 3 is 2.53 bits per heavy atom. The van der Waals surface area contributed by atoms with Gasteiger partial charge in [0, 0.05) is 13.5 Å². The molecular weight excluding hydrogens is 196 g/mol. The zero-order chi connectivity index (χ0) is 11.3. The molecule has 1 rings (SSSR count). The van der Waals surface area contributed by atoms with Crippen molar-refractivity contribution in [1.29, 1.82) is 0 Å². The van der Waals surface area contributed by atoms with Crippen LogP contribution in [0.15, 0.2) is 35.6 Å². The number of likely N-dealkylation sites (N-methyl/N-ethyl adjacent to an activating group) is 1. The molecule has 0 bridgehead atoms. The SMILES string of the molecule is CN(N=O)[C@H](Cc1ccccc1)C(=O)O. The molecule has 15 heavy (non-hydrogen) atoms. The number of aliphatic carboxylic acids is 1. The van der Waals surface area contributed by atoms with Crippen molar-refractivity contribution in [1.82, 2.24) is 5.01 Å². The number of hydrogen-bond acceptors (Lipinski definition) is 3. The summed E-state index contributed by atoms with van der Waals surface area (Å²) in [6.45, 7) is 0. The van der Waals surface area contributed by atoms with Crippen LogP contribution in [0.5, 0.6) is 0 Å². The first-order chi connectivity index (χ1) is 7.15. The predicted molar refractivity (Wildman–Crippen MR) is 55.1 cm³/mol. The van der Waals surface area contributed by atoms with Crippen molar-refractivity contribution < 1.29 is 9.90 Å². The molecular formula is C10H12N2O3. The topological polar surface area (TPSA) is 70.0 Å². The minimum atomic E-state index is -1.05. The lowest BCUT2D eigenvalue weighted by atomic mass is 10.1. The highest BCUT2D eigenvalue weighted by atomic mass is 16.4. The smallest absolute Gasteiger partial charge is 0.328 e. The van der Waals surface area contributed by atoms with Crippen molar-refractivity contribution in [2.45, 2.75) is 12.5 Å². The van der Waals surface area contributed by atoms with Crippen molar-refractivity contribution in [2.75, 3.05) is 7.05 Å². The van der Waals surface area contributed by atoms with E-state index in [0.717, 1.165) is 10.6 Å². The summed E-state index contributed by atoms with van der Waals surface area (Å²) in [6.07, 6.45) is 0.262. The Kier molecular flexibility index (Phi) is 3.79. The van der Waals surface area contributed by atoms with Crippen LogP contribution in [0.4, 0.5) is 0 Å². The minimum absolute atomic E-state index is 0.262. The fraction of sp³-hybridized carbons (Fsp3) is 0.300. The quantitative estimate of drug-likeness (QED) is 0.584. The largest absolute Gasteiger partial charge is 0.480 e. The highest BCUT2D eigenvalue weighted by Crippen LogP contribution is 2.08. The van der Waals surface area contributed by atoms with Crippen molar-refractivity contribution in [3.05, 3.63) is 40.8 Å². The molecule has 0 amide bonds. The van der Waals surface area contributed by atoms with Crippen LogP contribution in [-0.2, 0) is 11.2 Å². The maximum atomic E-state index is 10.9. The van der Waals surface area contributed by atoms with Gasteiger partial charge in [0.1, 0.15) is 0 Å². The number of carboxylic acid groups (broad SMARTS) is 1. The van der Waals surface area contributed by atoms with Crippen LogP contribution in [-0.4, -0.2) is 29.2 Å². The summed E-state index contributed by atoms with van der Waals surface area (Å²) in [5.41, 5.74) is 0.861. The Hall–Kier alpha value is -1.91. The second-order valence-electron chi connectivity index (χ2n) is 3.20. The molecule has 0 fully saturated rings. The van der Waals surface area contributed by atoms with Gasteiger partial charge in [-0.1, -0.05) is 30.3 Å². The molecule has 5 nitrogen and oxygen atoms in total.